The first-order valence-electron chi connectivity index (χ1n) is 6.36. The van der Waals surface area contributed by atoms with Crippen molar-refractivity contribution in [2.24, 2.45) is 0 Å². The zero-order valence-corrected chi connectivity index (χ0v) is 11.5. The zero-order chi connectivity index (χ0) is 14.1. The highest BCUT2D eigenvalue weighted by Crippen LogP contribution is 2.41. The fourth-order valence-corrected chi connectivity index (χ4v) is 3.05. The van der Waals surface area contributed by atoms with Crippen LogP contribution in [-0.4, -0.2) is 22.5 Å². The standard InChI is InChI=1S/C13H12N4O2S/c14-6-1-7-16(9-2-3-9)10-4-5-11-12(15-8-20-11)13(10)17(18)19/h4-5,8-9H,1-3,7H2. The molecule has 0 unspecified atom stereocenters. The molecule has 0 aliphatic heterocycles. The predicted octanol–water partition coefficient (Wildman–Crippen LogP) is 3.09. The molecule has 0 atom stereocenters. The number of nitriles is 1. The minimum atomic E-state index is -0.362. The van der Waals surface area contributed by atoms with E-state index in [0.29, 0.717) is 30.2 Å². The van der Waals surface area contributed by atoms with Crippen LogP contribution in [0.5, 0.6) is 0 Å². The number of fused-ring (bicyclic) bond motifs is 1. The summed E-state index contributed by atoms with van der Waals surface area (Å²) in [6, 6.07) is 6.08. The van der Waals surface area contributed by atoms with Crippen molar-refractivity contribution in [3.05, 3.63) is 27.8 Å². The number of hydrogen-bond acceptors (Lipinski definition) is 6. The SMILES string of the molecule is N#CCCN(c1ccc2scnc2c1[N+](=O)[O-])C1CC1. The van der Waals surface area contributed by atoms with Gasteiger partial charge >= 0.3 is 5.69 Å². The number of rotatable bonds is 5. The largest absolute Gasteiger partial charge is 0.362 e. The molecule has 0 N–H and O–H groups in total. The van der Waals surface area contributed by atoms with Crippen LogP contribution in [0.3, 0.4) is 0 Å². The van der Waals surface area contributed by atoms with Gasteiger partial charge in [-0.1, -0.05) is 0 Å². The molecule has 0 radical (unpaired) electrons. The Morgan fingerprint density at radius 2 is 2.35 bits per heavy atom. The second-order valence-corrected chi connectivity index (χ2v) is 5.61. The summed E-state index contributed by atoms with van der Waals surface area (Å²) in [5, 5.41) is 20.2. The van der Waals surface area contributed by atoms with Crippen LogP contribution in [0, 0.1) is 21.4 Å². The molecule has 1 aromatic carbocycles. The Balaban J connectivity index is 2.10. The van der Waals surface area contributed by atoms with Gasteiger partial charge in [-0.05, 0) is 25.0 Å². The number of aromatic nitrogens is 1. The molecule has 1 aliphatic carbocycles. The van der Waals surface area contributed by atoms with Crippen molar-refractivity contribution in [1.29, 1.82) is 5.26 Å². The van der Waals surface area contributed by atoms with Crippen molar-refractivity contribution in [2.45, 2.75) is 25.3 Å². The number of nitro benzene ring substituents is 1. The number of nitro groups is 1. The Labute approximate surface area is 119 Å². The molecule has 7 heteroatoms. The van der Waals surface area contributed by atoms with Gasteiger partial charge in [-0.25, -0.2) is 4.98 Å². The smallest absolute Gasteiger partial charge is 0.319 e. The van der Waals surface area contributed by atoms with Gasteiger partial charge in [0, 0.05) is 12.6 Å². The second kappa shape index (κ2) is 5.06. The molecule has 0 spiro atoms. The number of hydrogen-bond donors (Lipinski definition) is 0. The van der Waals surface area contributed by atoms with E-state index in [4.69, 9.17) is 5.26 Å². The fourth-order valence-electron chi connectivity index (χ4n) is 2.37. The summed E-state index contributed by atoms with van der Waals surface area (Å²) in [5.74, 6) is 0. The Hall–Kier alpha value is -2.20. The van der Waals surface area contributed by atoms with Crippen LogP contribution in [-0.2, 0) is 0 Å². The Morgan fingerprint density at radius 3 is 3.00 bits per heavy atom. The number of anilines is 1. The van der Waals surface area contributed by atoms with E-state index in [1.54, 1.807) is 11.6 Å². The lowest BCUT2D eigenvalue weighted by Crippen LogP contribution is -2.27. The first-order valence-corrected chi connectivity index (χ1v) is 7.24. The van der Waals surface area contributed by atoms with E-state index < -0.39 is 0 Å². The maximum atomic E-state index is 11.4. The molecule has 2 aromatic rings. The van der Waals surface area contributed by atoms with Gasteiger partial charge in [-0.3, -0.25) is 10.1 Å². The van der Waals surface area contributed by atoms with Gasteiger partial charge in [0.2, 0.25) is 0 Å². The van der Waals surface area contributed by atoms with Gasteiger partial charge in [-0.15, -0.1) is 11.3 Å². The molecule has 6 nitrogen and oxygen atoms in total. The van der Waals surface area contributed by atoms with Crippen molar-refractivity contribution in [3.63, 3.8) is 0 Å². The summed E-state index contributed by atoms with van der Waals surface area (Å²) in [4.78, 5) is 17.2. The molecule has 1 aliphatic rings. The highest BCUT2D eigenvalue weighted by molar-refractivity contribution is 7.16. The minimum Gasteiger partial charge on any atom is -0.362 e. The molecule has 1 heterocycles. The third kappa shape index (κ3) is 2.18. The van der Waals surface area contributed by atoms with Gasteiger partial charge in [0.05, 0.1) is 27.6 Å². The highest BCUT2D eigenvalue weighted by atomic mass is 32.1. The zero-order valence-electron chi connectivity index (χ0n) is 10.7. The quantitative estimate of drug-likeness (QED) is 0.623. The van der Waals surface area contributed by atoms with E-state index >= 15 is 0 Å². The molecular weight excluding hydrogens is 276 g/mol. The maximum Gasteiger partial charge on any atom is 0.319 e. The molecular formula is C13H12N4O2S. The molecule has 0 bridgehead atoms. The van der Waals surface area contributed by atoms with Crippen LogP contribution >= 0.6 is 11.3 Å². The maximum absolute atomic E-state index is 11.4. The van der Waals surface area contributed by atoms with Gasteiger partial charge in [-0.2, -0.15) is 5.26 Å². The lowest BCUT2D eigenvalue weighted by molar-refractivity contribution is -0.382. The van der Waals surface area contributed by atoms with Crippen molar-refractivity contribution < 1.29 is 4.92 Å². The molecule has 0 saturated heterocycles. The van der Waals surface area contributed by atoms with E-state index in [0.717, 1.165) is 17.5 Å². The van der Waals surface area contributed by atoms with Crippen molar-refractivity contribution >= 4 is 32.9 Å². The molecule has 20 heavy (non-hydrogen) atoms. The number of nitrogens with zero attached hydrogens (tertiary/aromatic N) is 4. The van der Waals surface area contributed by atoms with Crippen LogP contribution < -0.4 is 4.90 Å². The van der Waals surface area contributed by atoms with E-state index in [1.165, 1.54) is 11.3 Å². The van der Waals surface area contributed by atoms with E-state index in [-0.39, 0.29) is 10.6 Å². The van der Waals surface area contributed by atoms with Gasteiger partial charge < -0.3 is 4.90 Å². The van der Waals surface area contributed by atoms with Crippen molar-refractivity contribution in [3.8, 4) is 6.07 Å². The first kappa shape index (κ1) is 12.8. The monoisotopic (exact) mass is 288 g/mol. The molecule has 102 valence electrons. The van der Waals surface area contributed by atoms with Crippen molar-refractivity contribution in [1.82, 2.24) is 4.98 Å². The summed E-state index contributed by atoms with van der Waals surface area (Å²) in [6.07, 6.45) is 2.41. The summed E-state index contributed by atoms with van der Waals surface area (Å²) >= 11 is 1.39. The topological polar surface area (TPSA) is 83.1 Å². The lowest BCUT2D eigenvalue weighted by Gasteiger charge is -2.23. The van der Waals surface area contributed by atoms with E-state index in [2.05, 4.69) is 11.1 Å². The highest BCUT2D eigenvalue weighted by Gasteiger charge is 2.34. The summed E-state index contributed by atoms with van der Waals surface area (Å²) in [5.41, 5.74) is 2.72. The number of thiazole rings is 1. The molecule has 0 amide bonds. The Kier molecular flexibility index (Phi) is 3.24. The third-order valence-electron chi connectivity index (χ3n) is 3.40. The Morgan fingerprint density at radius 1 is 1.55 bits per heavy atom. The molecule has 1 fully saturated rings. The van der Waals surface area contributed by atoms with Crippen LogP contribution in [0.4, 0.5) is 11.4 Å². The average Bonchev–Trinajstić information content (AvgIpc) is 3.15. The van der Waals surface area contributed by atoms with Crippen LogP contribution in [0.1, 0.15) is 19.3 Å². The minimum absolute atomic E-state index is 0.0635. The first-order chi connectivity index (χ1) is 9.72. The molecule has 3 rings (SSSR count). The lowest BCUT2D eigenvalue weighted by atomic mass is 10.2. The van der Waals surface area contributed by atoms with Gasteiger partial charge in [0.1, 0.15) is 5.69 Å². The second-order valence-electron chi connectivity index (χ2n) is 4.72. The third-order valence-corrected chi connectivity index (χ3v) is 4.19. The molecule has 1 aromatic heterocycles. The Bertz CT molecular complexity index is 702. The van der Waals surface area contributed by atoms with Crippen LogP contribution in [0.25, 0.3) is 10.2 Å². The predicted molar refractivity (Wildman–Crippen MR) is 76.9 cm³/mol. The number of benzene rings is 1. The average molecular weight is 288 g/mol. The van der Waals surface area contributed by atoms with Gasteiger partial charge in [0.25, 0.3) is 0 Å². The van der Waals surface area contributed by atoms with Crippen LogP contribution in [0.2, 0.25) is 0 Å². The normalized spacial score (nSPS) is 14.2. The van der Waals surface area contributed by atoms with Crippen LogP contribution in [0.15, 0.2) is 17.6 Å². The fraction of sp³-hybridized carbons (Fsp3) is 0.385. The summed E-state index contributed by atoms with van der Waals surface area (Å²) in [6.45, 7) is 0.525. The summed E-state index contributed by atoms with van der Waals surface area (Å²) < 4.78 is 0.816. The van der Waals surface area contributed by atoms with E-state index in [1.807, 2.05) is 11.0 Å². The van der Waals surface area contributed by atoms with E-state index in [9.17, 15) is 10.1 Å². The summed E-state index contributed by atoms with van der Waals surface area (Å²) in [7, 11) is 0. The van der Waals surface area contributed by atoms with Gasteiger partial charge in [0.15, 0.2) is 5.52 Å². The van der Waals surface area contributed by atoms with Crippen molar-refractivity contribution in [2.75, 3.05) is 11.4 Å². The molecule has 1 saturated carbocycles.